The highest BCUT2D eigenvalue weighted by Crippen LogP contribution is 2.24. The molecule has 1 aliphatic heterocycles. The van der Waals surface area contributed by atoms with Crippen molar-refractivity contribution in [1.82, 2.24) is 4.90 Å². The Morgan fingerprint density at radius 1 is 0.963 bits per heavy atom. The lowest BCUT2D eigenvalue weighted by atomic mass is 10.1. The molecule has 27 heavy (non-hydrogen) atoms. The molecule has 144 valence electrons. The Hall–Kier alpha value is -2.05. The highest BCUT2D eigenvalue weighted by molar-refractivity contribution is 7.92. The average Bonchev–Trinajstić information content (AvgIpc) is 2.68. The summed E-state index contributed by atoms with van der Waals surface area (Å²) in [7, 11) is -3.52. The van der Waals surface area contributed by atoms with Gasteiger partial charge in [0, 0.05) is 36.9 Å². The molecule has 0 radical (unpaired) electrons. The number of anilines is 1. The molecule has 0 atom stereocenters. The molecule has 1 aliphatic rings. The van der Waals surface area contributed by atoms with Gasteiger partial charge in [0.05, 0.1) is 15.7 Å². The average molecular weight is 407 g/mol. The third-order valence-corrected chi connectivity index (χ3v) is 7.27. The van der Waals surface area contributed by atoms with Crippen LogP contribution in [0.4, 0.5) is 5.69 Å². The van der Waals surface area contributed by atoms with Gasteiger partial charge < -0.3 is 9.80 Å². The Morgan fingerprint density at radius 3 is 2.15 bits per heavy atom. The van der Waals surface area contributed by atoms with E-state index in [1.54, 1.807) is 36.9 Å². The predicted molar refractivity (Wildman–Crippen MR) is 108 cm³/mol. The van der Waals surface area contributed by atoms with Crippen LogP contribution in [0.5, 0.6) is 0 Å². The van der Waals surface area contributed by atoms with Crippen molar-refractivity contribution >= 4 is 33.0 Å². The zero-order valence-corrected chi connectivity index (χ0v) is 17.0. The zero-order chi connectivity index (χ0) is 19.6. The normalized spacial score (nSPS) is 15.3. The van der Waals surface area contributed by atoms with Crippen LogP contribution in [-0.4, -0.2) is 50.7 Å². The lowest BCUT2D eigenvalue weighted by Gasteiger charge is -2.36. The minimum absolute atomic E-state index is 0.116. The molecular weight excluding hydrogens is 384 g/mol. The van der Waals surface area contributed by atoms with Gasteiger partial charge in [-0.2, -0.15) is 0 Å². The summed E-state index contributed by atoms with van der Waals surface area (Å²) in [5.74, 6) is -0.231. The molecule has 3 rings (SSSR count). The fourth-order valence-electron chi connectivity index (χ4n) is 3.14. The first-order chi connectivity index (χ1) is 12.8. The number of piperazine rings is 1. The van der Waals surface area contributed by atoms with Crippen LogP contribution in [0.25, 0.3) is 0 Å². The van der Waals surface area contributed by atoms with E-state index in [9.17, 15) is 13.2 Å². The second-order valence-corrected chi connectivity index (χ2v) is 9.75. The summed E-state index contributed by atoms with van der Waals surface area (Å²) < 4.78 is 25.2. The van der Waals surface area contributed by atoms with Gasteiger partial charge in [-0.05, 0) is 50.2 Å². The topological polar surface area (TPSA) is 57.7 Å². The first kappa shape index (κ1) is 19.7. The summed E-state index contributed by atoms with van der Waals surface area (Å²) in [5.41, 5.74) is 1.32. The first-order valence-corrected chi connectivity index (χ1v) is 10.9. The van der Waals surface area contributed by atoms with Crippen molar-refractivity contribution in [3.8, 4) is 0 Å². The Morgan fingerprint density at radius 2 is 1.56 bits per heavy atom. The Kier molecular flexibility index (Phi) is 5.77. The minimum atomic E-state index is -3.52. The van der Waals surface area contributed by atoms with Crippen LogP contribution in [0.3, 0.4) is 0 Å². The maximum atomic E-state index is 13.0. The number of carbonyl (C=O) groups excluding carboxylic acids is 1. The number of halogens is 1. The van der Waals surface area contributed by atoms with Gasteiger partial charge in [-0.1, -0.05) is 23.7 Å². The predicted octanol–water partition coefficient (Wildman–Crippen LogP) is 3.48. The molecule has 2 aromatic rings. The van der Waals surface area contributed by atoms with E-state index >= 15 is 0 Å². The lowest BCUT2D eigenvalue weighted by Crippen LogP contribution is -2.49. The van der Waals surface area contributed by atoms with Gasteiger partial charge in [-0.25, -0.2) is 8.42 Å². The second-order valence-electron chi connectivity index (χ2n) is 6.85. The standard InChI is InChI=1S/C20H23ClN2O3S/c1-15(2)27(25,26)19-6-4-3-5-18(19)20(24)23-13-11-22(12-14-23)17-9-7-16(21)8-10-17/h3-10,15H,11-14H2,1-2H3. The summed E-state index contributed by atoms with van der Waals surface area (Å²) in [6.07, 6.45) is 0. The quantitative estimate of drug-likeness (QED) is 0.779. The van der Waals surface area contributed by atoms with Crippen molar-refractivity contribution < 1.29 is 13.2 Å². The lowest BCUT2D eigenvalue weighted by molar-refractivity contribution is 0.0743. The molecule has 0 spiro atoms. The van der Waals surface area contributed by atoms with E-state index in [-0.39, 0.29) is 16.4 Å². The molecule has 1 amide bonds. The zero-order valence-electron chi connectivity index (χ0n) is 15.4. The number of nitrogens with zero attached hydrogens (tertiary/aromatic N) is 2. The molecular formula is C20H23ClN2O3S. The molecule has 1 heterocycles. The number of benzene rings is 2. The van der Waals surface area contributed by atoms with Crippen molar-refractivity contribution in [2.45, 2.75) is 24.0 Å². The largest absolute Gasteiger partial charge is 0.368 e. The molecule has 1 saturated heterocycles. The minimum Gasteiger partial charge on any atom is -0.368 e. The van der Waals surface area contributed by atoms with Gasteiger partial charge in [-0.15, -0.1) is 0 Å². The molecule has 7 heteroatoms. The SMILES string of the molecule is CC(C)S(=O)(=O)c1ccccc1C(=O)N1CCN(c2ccc(Cl)cc2)CC1. The van der Waals surface area contributed by atoms with Crippen molar-refractivity contribution in [2.75, 3.05) is 31.1 Å². The molecule has 0 unspecified atom stereocenters. The van der Waals surface area contributed by atoms with E-state index in [0.717, 1.165) is 5.69 Å². The molecule has 2 aromatic carbocycles. The fraction of sp³-hybridized carbons (Fsp3) is 0.350. The maximum Gasteiger partial charge on any atom is 0.255 e. The van der Waals surface area contributed by atoms with Crippen LogP contribution in [-0.2, 0) is 9.84 Å². The summed E-state index contributed by atoms with van der Waals surface area (Å²) in [5, 5.41) is 0.115. The number of rotatable bonds is 4. The number of hydrogen-bond donors (Lipinski definition) is 0. The summed E-state index contributed by atoms with van der Waals surface area (Å²) in [6, 6.07) is 14.1. The van der Waals surface area contributed by atoms with E-state index in [0.29, 0.717) is 31.2 Å². The van der Waals surface area contributed by atoms with Gasteiger partial charge in [-0.3, -0.25) is 4.79 Å². The molecule has 5 nitrogen and oxygen atoms in total. The molecule has 0 bridgehead atoms. The van der Waals surface area contributed by atoms with Crippen LogP contribution < -0.4 is 4.90 Å². The van der Waals surface area contributed by atoms with E-state index in [1.807, 2.05) is 24.3 Å². The Labute approximate surface area is 165 Å². The van der Waals surface area contributed by atoms with E-state index < -0.39 is 15.1 Å². The van der Waals surface area contributed by atoms with Crippen molar-refractivity contribution in [3.05, 3.63) is 59.1 Å². The van der Waals surface area contributed by atoms with Gasteiger partial charge in [0.1, 0.15) is 0 Å². The number of sulfone groups is 1. The highest BCUT2D eigenvalue weighted by atomic mass is 35.5. The van der Waals surface area contributed by atoms with Crippen LogP contribution in [0.1, 0.15) is 24.2 Å². The van der Waals surface area contributed by atoms with Gasteiger partial charge in [0.25, 0.3) is 5.91 Å². The highest BCUT2D eigenvalue weighted by Gasteiger charge is 2.29. The summed E-state index contributed by atoms with van der Waals surface area (Å²) in [6.45, 7) is 5.71. The third-order valence-electron chi connectivity index (χ3n) is 4.80. The van der Waals surface area contributed by atoms with Crippen LogP contribution in [0.15, 0.2) is 53.4 Å². The van der Waals surface area contributed by atoms with Crippen molar-refractivity contribution in [1.29, 1.82) is 0 Å². The summed E-state index contributed by atoms with van der Waals surface area (Å²) >= 11 is 5.94. The van der Waals surface area contributed by atoms with Crippen LogP contribution in [0, 0.1) is 0 Å². The first-order valence-electron chi connectivity index (χ1n) is 8.93. The van der Waals surface area contributed by atoms with Crippen LogP contribution >= 0.6 is 11.6 Å². The molecule has 0 N–H and O–H groups in total. The molecule has 1 fully saturated rings. The van der Waals surface area contributed by atoms with Crippen molar-refractivity contribution in [3.63, 3.8) is 0 Å². The van der Waals surface area contributed by atoms with Gasteiger partial charge in [0.15, 0.2) is 9.84 Å². The number of carbonyl (C=O) groups is 1. The monoisotopic (exact) mass is 406 g/mol. The number of amides is 1. The third kappa shape index (κ3) is 4.12. The number of hydrogen-bond acceptors (Lipinski definition) is 4. The fourth-order valence-corrected chi connectivity index (χ4v) is 4.50. The van der Waals surface area contributed by atoms with Gasteiger partial charge in [0.2, 0.25) is 0 Å². The van der Waals surface area contributed by atoms with E-state index in [4.69, 9.17) is 11.6 Å². The van der Waals surface area contributed by atoms with E-state index in [1.165, 1.54) is 6.07 Å². The van der Waals surface area contributed by atoms with Crippen molar-refractivity contribution in [2.24, 2.45) is 0 Å². The van der Waals surface area contributed by atoms with Gasteiger partial charge >= 0.3 is 0 Å². The molecule has 0 saturated carbocycles. The molecule has 0 aromatic heterocycles. The summed E-state index contributed by atoms with van der Waals surface area (Å²) in [4.78, 5) is 17.0. The smallest absolute Gasteiger partial charge is 0.255 e. The van der Waals surface area contributed by atoms with E-state index in [2.05, 4.69) is 4.90 Å². The molecule has 0 aliphatic carbocycles. The second kappa shape index (κ2) is 7.90. The maximum absolute atomic E-state index is 13.0. The Balaban J connectivity index is 1.76. The Bertz CT molecular complexity index is 918. The van der Waals surface area contributed by atoms with Crippen LogP contribution in [0.2, 0.25) is 5.02 Å².